The SMILES string of the molecule is CCNC(=NCC(c1cccc(OC)c1)N(C)C)Nc1ccc(OC)c(OC)c1. The lowest BCUT2D eigenvalue weighted by Gasteiger charge is -2.24. The zero-order valence-corrected chi connectivity index (χ0v) is 18.2. The highest BCUT2D eigenvalue weighted by Crippen LogP contribution is 2.29. The third-order valence-corrected chi connectivity index (χ3v) is 4.51. The molecule has 0 bridgehead atoms. The van der Waals surface area contributed by atoms with Crippen LogP contribution in [0.1, 0.15) is 18.5 Å². The zero-order chi connectivity index (χ0) is 21.2. The number of nitrogens with zero attached hydrogens (tertiary/aromatic N) is 2. The zero-order valence-electron chi connectivity index (χ0n) is 18.2. The van der Waals surface area contributed by atoms with E-state index in [1.165, 1.54) is 0 Å². The molecule has 0 radical (unpaired) electrons. The van der Waals surface area contributed by atoms with Crippen LogP contribution >= 0.6 is 0 Å². The van der Waals surface area contributed by atoms with Crippen molar-refractivity contribution in [3.8, 4) is 17.2 Å². The summed E-state index contributed by atoms with van der Waals surface area (Å²) >= 11 is 0. The van der Waals surface area contributed by atoms with Crippen molar-refractivity contribution in [3.63, 3.8) is 0 Å². The first-order valence-corrected chi connectivity index (χ1v) is 9.60. The third-order valence-electron chi connectivity index (χ3n) is 4.51. The molecule has 0 aliphatic carbocycles. The lowest BCUT2D eigenvalue weighted by atomic mass is 10.1. The largest absolute Gasteiger partial charge is 0.497 e. The van der Waals surface area contributed by atoms with E-state index in [1.807, 2.05) is 51.4 Å². The van der Waals surface area contributed by atoms with E-state index in [2.05, 4.69) is 27.7 Å². The first-order chi connectivity index (χ1) is 14.0. The molecule has 2 N–H and O–H groups in total. The lowest BCUT2D eigenvalue weighted by Crippen LogP contribution is -2.32. The second-order valence-corrected chi connectivity index (χ2v) is 6.67. The van der Waals surface area contributed by atoms with Gasteiger partial charge in [0.25, 0.3) is 0 Å². The van der Waals surface area contributed by atoms with Gasteiger partial charge in [0.15, 0.2) is 17.5 Å². The van der Waals surface area contributed by atoms with Crippen LogP contribution in [0.4, 0.5) is 5.69 Å². The van der Waals surface area contributed by atoms with Gasteiger partial charge in [-0.1, -0.05) is 12.1 Å². The highest BCUT2D eigenvalue weighted by molar-refractivity contribution is 5.94. The van der Waals surface area contributed by atoms with E-state index in [0.29, 0.717) is 24.0 Å². The smallest absolute Gasteiger partial charge is 0.195 e. The fourth-order valence-electron chi connectivity index (χ4n) is 2.95. The minimum absolute atomic E-state index is 0.117. The predicted molar refractivity (Wildman–Crippen MR) is 119 cm³/mol. The van der Waals surface area contributed by atoms with Gasteiger partial charge >= 0.3 is 0 Å². The summed E-state index contributed by atoms with van der Waals surface area (Å²) in [6.45, 7) is 3.38. The predicted octanol–water partition coefficient (Wildman–Crippen LogP) is 3.39. The van der Waals surface area contributed by atoms with Crippen molar-refractivity contribution >= 4 is 11.6 Å². The number of aliphatic imine (C=N–C) groups is 1. The van der Waals surface area contributed by atoms with Crippen LogP contribution in [0.3, 0.4) is 0 Å². The van der Waals surface area contributed by atoms with E-state index in [0.717, 1.165) is 23.5 Å². The Bertz CT molecular complexity index is 808. The molecule has 0 aliphatic heterocycles. The summed E-state index contributed by atoms with van der Waals surface area (Å²) in [6, 6.07) is 13.9. The van der Waals surface area contributed by atoms with Gasteiger partial charge in [-0.2, -0.15) is 0 Å². The number of likely N-dealkylation sites (N-methyl/N-ethyl adjacent to an activating group) is 1. The minimum atomic E-state index is 0.117. The molecule has 2 rings (SSSR count). The summed E-state index contributed by atoms with van der Waals surface area (Å²) < 4.78 is 16.1. The summed E-state index contributed by atoms with van der Waals surface area (Å²) in [6.07, 6.45) is 0. The van der Waals surface area contributed by atoms with E-state index in [-0.39, 0.29) is 6.04 Å². The first kappa shape index (κ1) is 22.4. The Balaban J connectivity index is 2.21. The van der Waals surface area contributed by atoms with Crippen LogP contribution in [0.15, 0.2) is 47.5 Å². The number of nitrogens with one attached hydrogen (secondary N) is 2. The molecule has 0 saturated carbocycles. The Morgan fingerprint density at radius 2 is 1.76 bits per heavy atom. The number of rotatable bonds is 9. The number of benzene rings is 2. The van der Waals surface area contributed by atoms with Gasteiger partial charge < -0.3 is 29.7 Å². The molecular weight excluding hydrogens is 368 g/mol. The van der Waals surface area contributed by atoms with Crippen LogP contribution in [-0.2, 0) is 0 Å². The molecule has 1 atom stereocenters. The van der Waals surface area contributed by atoms with Gasteiger partial charge in [0, 0.05) is 18.3 Å². The van der Waals surface area contributed by atoms with Crippen LogP contribution in [0, 0.1) is 0 Å². The highest BCUT2D eigenvalue weighted by Gasteiger charge is 2.15. The number of methoxy groups -OCH3 is 3. The maximum absolute atomic E-state index is 5.38. The molecule has 0 aliphatic rings. The molecule has 158 valence electrons. The average molecular weight is 401 g/mol. The van der Waals surface area contributed by atoms with Crippen molar-refractivity contribution in [3.05, 3.63) is 48.0 Å². The van der Waals surface area contributed by atoms with E-state index in [9.17, 15) is 0 Å². The molecule has 1 unspecified atom stereocenters. The van der Waals surface area contributed by atoms with Crippen molar-refractivity contribution in [1.82, 2.24) is 10.2 Å². The Morgan fingerprint density at radius 3 is 2.38 bits per heavy atom. The van der Waals surface area contributed by atoms with Crippen LogP contribution in [0.25, 0.3) is 0 Å². The molecule has 0 saturated heterocycles. The summed E-state index contributed by atoms with van der Waals surface area (Å²) in [7, 11) is 9.02. The second-order valence-electron chi connectivity index (χ2n) is 6.67. The van der Waals surface area contributed by atoms with Crippen LogP contribution in [-0.4, -0.2) is 59.4 Å². The standard InChI is InChI=1S/C22H32N4O3/c1-7-23-22(25-17-11-12-20(28-5)21(14-17)29-6)24-15-19(26(2)3)16-9-8-10-18(13-16)27-4/h8-14,19H,7,15H2,1-6H3,(H2,23,24,25). The van der Waals surface area contributed by atoms with Gasteiger partial charge in [-0.05, 0) is 50.8 Å². The Morgan fingerprint density at radius 1 is 1.00 bits per heavy atom. The van der Waals surface area contributed by atoms with Gasteiger partial charge in [0.2, 0.25) is 0 Å². The van der Waals surface area contributed by atoms with E-state index >= 15 is 0 Å². The Hall–Kier alpha value is -2.93. The maximum Gasteiger partial charge on any atom is 0.195 e. The molecule has 0 fully saturated rings. The number of ether oxygens (including phenoxy) is 3. The fourth-order valence-corrected chi connectivity index (χ4v) is 2.95. The molecule has 2 aromatic carbocycles. The number of anilines is 1. The first-order valence-electron chi connectivity index (χ1n) is 9.60. The van der Waals surface area contributed by atoms with Crippen molar-refractivity contribution in [2.24, 2.45) is 4.99 Å². The maximum atomic E-state index is 5.38. The Kier molecular flexibility index (Phi) is 8.61. The molecule has 7 heteroatoms. The molecule has 7 nitrogen and oxygen atoms in total. The van der Waals surface area contributed by atoms with Gasteiger partial charge in [-0.15, -0.1) is 0 Å². The summed E-state index contributed by atoms with van der Waals surface area (Å²) in [5, 5.41) is 6.62. The highest BCUT2D eigenvalue weighted by atomic mass is 16.5. The number of hydrogen-bond acceptors (Lipinski definition) is 5. The van der Waals surface area contributed by atoms with Crippen molar-refractivity contribution in [1.29, 1.82) is 0 Å². The minimum Gasteiger partial charge on any atom is -0.497 e. The van der Waals surface area contributed by atoms with E-state index < -0.39 is 0 Å². The average Bonchev–Trinajstić information content (AvgIpc) is 2.73. The van der Waals surface area contributed by atoms with Crippen molar-refractivity contribution in [2.75, 3.05) is 53.8 Å². The quantitative estimate of drug-likeness (QED) is 0.497. The van der Waals surface area contributed by atoms with Gasteiger partial charge in [-0.3, -0.25) is 4.99 Å². The number of hydrogen-bond donors (Lipinski definition) is 2. The van der Waals surface area contributed by atoms with Crippen LogP contribution in [0.2, 0.25) is 0 Å². The summed E-state index contributed by atoms with van der Waals surface area (Å²) in [5.74, 6) is 2.89. The summed E-state index contributed by atoms with van der Waals surface area (Å²) in [5.41, 5.74) is 2.02. The second kappa shape index (κ2) is 11.2. The molecule has 2 aromatic rings. The van der Waals surface area contributed by atoms with Crippen LogP contribution < -0.4 is 24.8 Å². The normalized spacial score (nSPS) is 12.4. The molecule has 0 spiro atoms. The Labute approximate surface area is 173 Å². The van der Waals surface area contributed by atoms with E-state index in [1.54, 1.807) is 21.3 Å². The van der Waals surface area contributed by atoms with Gasteiger partial charge in [-0.25, -0.2) is 0 Å². The van der Waals surface area contributed by atoms with Crippen LogP contribution in [0.5, 0.6) is 17.2 Å². The molecule has 0 heterocycles. The molecule has 29 heavy (non-hydrogen) atoms. The monoisotopic (exact) mass is 400 g/mol. The molecular formula is C22H32N4O3. The van der Waals surface area contributed by atoms with Crippen molar-refractivity contribution in [2.45, 2.75) is 13.0 Å². The summed E-state index contributed by atoms with van der Waals surface area (Å²) in [4.78, 5) is 6.95. The fraction of sp³-hybridized carbons (Fsp3) is 0.409. The van der Waals surface area contributed by atoms with E-state index in [4.69, 9.17) is 19.2 Å². The van der Waals surface area contributed by atoms with Gasteiger partial charge in [0.1, 0.15) is 5.75 Å². The molecule has 0 amide bonds. The number of guanidine groups is 1. The topological polar surface area (TPSA) is 67.4 Å². The van der Waals surface area contributed by atoms with Crippen molar-refractivity contribution < 1.29 is 14.2 Å². The van der Waals surface area contributed by atoms with Gasteiger partial charge in [0.05, 0.1) is 33.9 Å². The third kappa shape index (κ3) is 6.29. The lowest BCUT2D eigenvalue weighted by molar-refractivity contribution is 0.305. The molecule has 0 aromatic heterocycles.